The van der Waals surface area contributed by atoms with Gasteiger partial charge in [0.15, 0.2) is 11.6 Å². The highest BCUT2D eigenvalue weighted by atomic mass is 19.2. The van der Waals surface area contributed by atoms with Crippen molar-refractivity contribution in [2.75, 3.05) is 5.32 Å². The number of nitrogens with zero attached hydrogens (tertiary/aromatic N) is 1. The average molecular weight is 524 g/mol. The second-order valence-corrected chi connectivity index (χ2v) is 8.99. The summed E-state index contributed by atoms with van der Waals surface area (Å²) in [4.78, 5) is 16.8. The number of allylic oxidation sites excluding steroid dienone is 4. The van der Waals surface area contributed by atoms with Crippen LogP contribution < -0.4 is 10.6 Å². The lowest BCUT2D eigenvalue weighted by molar-refractivity contribution is 0.0916. The molecule has 4 nitrogen and oxygen atoms in total. The van der Waals surface area contributed by atoms with E-state index in [1.165, 1.54) is 19.5 Å². The molecule has 0 bridgehead atoms. The van der Waals surface area contributed by atoms with Gasteiger partial charge in [0.1, 0.15) is 0 Å². The Morgan fingerprint density at radius 3 is 2.11 bits per heavy atom. The zero-order chi connectivity index (χ0) is 28.8. The Labute approximate surface area is 227 Å². The topological polar surface area (TPSA) is 53.5 Å². The van der Waals surface area contributed by atoms with Crippen LogP contribution in [-0.4, -0.2) is 17.7 Å². The van der Waals surface area contributed by atoms with Crippen molar-refractivity contribution in [1.29, 1.82) is 0 Å². The van der Waals surface area contributed by atoms with Crippen molar-refractivity contribution in [2.24, 2.45) is 4.99 Å². The Hall–Kier alpha value is -3.54. The van der Waals surface area contributed by atoms with E-state index in [-0.39, 0.29) is 17.0 Å². The molecule has 0 heterocycles. The zero-order valence-corrected chi connectivity index (χ0v) is 24.1. The Kier molecular flexibility index (Phi) is 14.0. The maximum Gasteiger partial charge on any atom is 0.251 e. The summed E-state index contributed by atoms with van der Waals surface area (Å²) in [6, 6.07) is 8.89. The molecule has 206 valence electrons. The quantitative estimate of drug-likeness (QED) is 0.281. The van der Waals surface area contributed by atoms with E-state index < -0.39 is 11.6 Å². The molecule has 0 spiro atoms. The summed E-state index contributed by atoms with van der Waals surface area (Å²) < 4.78 is 28.0. The van der Waals surface area contributed by atoms with Gasteiger partial charge in [-0.15, -0.1) is 0 Å². The predicted molar refractivity (Wildman–Crippen MR) is 159 cm³/mol. The summed E-state index contributed by atoms with van der Waals surface area (Å²) in [7, 11) is 0. The minimum absolute atomic E-state index is 0.0456. The molecule has 2 aromatic carbocycles. The number of carbonyl (C=O) groups excluding carboxylic acids is 1. The van der Waals surface area contributed by atoms with Crippen molar-refractivity contribution in [2.45, 2.75) is 80.7 Å². The van der Waals surface area contributed by atoms with E-state index in [9.17, 15) is 13.6 Å². The predicted octanol–water partition coefficient (Wildman–Crippen LogP) is 8.92. The van der Waals surface area contributed by atoms with Crippen LogP contribution in [-0.2, 0) is 0 Å². The first-order valence-electron chi connectivity index (χ1n) is 13.2. The summed E-state index contributed by atoms with van der Waals surface area (Å²) in [5.74, 6) is -1.77. The van der Waals surface area contributed by atoms with Crippen molar-refractivity contribution >= 4 is 22.9 Å². The number of hydrogen-bond donors (Lipinski definition) is 2. The lowest BCUT2D eigenvalue weighted by Crippen LogP contribution is -2.39. The second kappa shape index (κ2) is 16.3. The first kappa shape index (κ1) is 32.5. The Morgan fingerprint density at radius 1 is 0.974 bits per heavy atom. The van der Waals surface area contributed by atoms with Crippen LogP contribution in [0.25, 0.3) is 5.57 Å². The minimum atomic E-state index is -0.875. The molecule has 2 N–H and O–H groups in total. The van der Waals surface area contributed by atoms with Crippen LogP contribution in [0.15, 0.2) is 66.0 Å². The number of hydrogen-bond acceptors (Lipinski definition) is 3. The molecule has 0 aromatic heterocycles. The number of amides is 1. The highest BCUT2D eigenvalue weighted by Gasteiger charge is 2.21. The normalized spacial score (nSPS) is 13.5. The van der Waals surface area contributed by atoms with Gasteiger partial charge in [0, 0.05) is 29.1 Å². The fraction of sp³-hybridized carbons (Fsp3) is 0.375. The van der Waals surface area contributed by atoms with Gasteiger partial charge in [-0.3, -0.25) is 9.79 Å². The monoisotopic (exact) mass is 523 g/mol. The Morgan fingerprint density at radius 2 is 1.58 bits per heavy atom. The van der Waals surface area contributed by atoms with Gasteiger partial charge >= 0.3 is 0 Å². The fourth-order valence-corrected chi connectivity index (χ4v) is 3.37. The molecule has 1 fully saturated rings. The largest absolute Gasteiger partial charge is 0.355 e. The molecule has 1 aliphatic rings. The molecule has 0 radical (unpaired) electrons. The van der Waals surface area contributed by atoms with E-state index in [2.05, 4.69) is 22.2 Å². The van der Waals surface area contributed by atoms with E-state index in [1.807, 2.05) is 58.9 Å². The van der Waals surface area contributed by atoms with Gasteiger partial charge in [0.2, 0.25) is 0 Å². The molecule has 0 unspecified atom stereocenters. The maximum absolute atomic E-state index is 14.2. The molecule has 6 heteroatoms. The average Bonchev–Trinajstić information content (AvgIpc) is 2.89. The van der Waals surface area contributed by atoms with E-state index in [0.717, 1.165) is 24.1 Å². The van der Waals surface area contributed by atoms with Crippen molar-refractivity contribution in [3.63, 3.8) is 0 Å². The molecular weight excluding hydrogens is 480 g/mol. The van der Waals surface area contributed by atoms with E-state index >= 15 is 0 Å². The van der Waals surface area contributed by atoms with Crippen molar-refractivity contribution in [1.82, 2.24) is 5.32 Å². The molecule has 1 aliphatic carbocycles. The van der Waals surface area contributed by atoms with Gasteiger partial charge in [-0.25, -0.2) is 8.78 Å². The fourth-order valence-electron chi connectivity index (χ4n) is 3.37. The van der Waals surface area contributed by atoms with Crippen molar-refractivity contribution < 1.29 is 13.6 Å². The highest BCUT2D eigenvalue weighted by Crippen LogP contribution is 2.23. The smallest absolute Gasteiger partial charge is 0.251 e. The standard InChI is InChI=1S/C26H29F2N3O.C4H8.C2H6/c1-15-9-11-22(25(28)24(15)27)17(3)14-29-18(4)19(5)30-21-10-12-23(16(2)13-21)26(32)31-20-7-6-8-20;1-3-4-2;1-2/h9-14,20,30H,5-8H2,1-4H3,(H,31,32);3-4H,1-2H3;1-2H3/b17-14+,29-18?;4-3-;. The van der Waals surface area contributed by atoms with Crippen LogP contribution in [0.1, 0.15) is 87.9 Å². The molecule has 0 saturated heterocycles. The van der Waals surface area contributed by atoms with Crippen molar-refractivity contribution in [3.05, 3.63) is 94.8 Å². The molecule has 3 rings (SSSR count). The molecule has 1 amide bonds. The summed E-state index contributed by atoms with van der Waals surface area (Å²) in [5.41, 5.74) is 4.41. The van der Waals surface area contributed by atoms with Gasteiger partial charge in [0.05, 0.1) is 11.4 Å². The zero-order valence-electron chi connectivity index (χ0n) is 24.1. The van der Waals surface area contributed by atoms with E-state index in [1.54, 1.807) is 32.0 Å². The van der Waals surface area contributed by atoms with Gasteiger partial charge in [-0.2, -0.15) is 0 Å². The summed E-state index contributed by atoms with van der Waals surface area (Å²) in [6.45, 7) is 18.9. The SMILES string of the molecule is C/C=C\C.C=C(Nc1ccc(C(=O)NC2CCC2)c(C)c1)C(C)=N/C=C(\C)c1ccc(C)c(F)c1F.CC. The third-order valence-electron chi connectivity index (χ3n) is 6.13. The molecule has 2 aromatic rings. The summed E-state index contributed by atoms with van der Waals surface area (Å²) in [5, 5.41) is 6.23. The lowest BCUT2D eigenvalue weighted by atomic mass is 9.92. The van der Waals surface area contributed by atoms with Gasteiger partial charge in [0.25, 0.3) is 5.91 Å². The molecule has 38 heavy (non-hydrogen) atoms. The van der Waals surface area contributed by atoms with Crippen LogP contribution in [0, 0.1) is 25.5 Å². The number of carbonyl (C=O) groups is 1. The number of benzene rings is 2. The minimum Gasteiger partial charge on any atom is -0.355 e. The first-order chi connectivity index (χ1) is 18.1. The summed E-state index contributed by atoms with van der Waals surface area (Å²) >= 11 is 0. The number of aliphatic imine (C=N–C) groups is 1. The summed E-state index contributed by atoms with van der Waals surface area (Å²) in [6.07, 6.45) is 8.75. The molecular formula is C32H43F2N3O. The van der Waals surface area contributed by atoms with Gasteiger partial charge in [-0.1, -0.05) is 44.7 Å². The van der Waals surface area contributed by atoms with Crippen LogP contribution >= 0.6 is 0 Å². The van der Waals surface area contributed by atoms with Crippen LogP contribution in [0.4, 0.5) is 14.5 Å². The Balaban J connectivity index is 0.00000110. The lowest BCUT2D eigenvalue weighted by Gasteiger charge is -2.26. The van der Waals surface area contributed by atoms with Gasteiger partial charge in [-0.05, 0) is 95.7 Å². The van der Waals surface area contributed by atoms with Crippen molar-refractivity contribution in [3.8, 4) is 0 Å². The third-order valence-corrected chi connectivity index (χ3v) is 6.13. The number of rotatable bonds is 7. The maximum atomic E-state index is 14.2. The number of halogens is 2. The van der Waals surface area contributed by atoms with E-state index in [4.69, 9.17) is 0 Å². The molecule has 0 aliphatic heterocycles. The van der Waals surface area contributed by atoms with Crippen LogP contribution in [0.5, 0.6) is 0 Å². The van der Waals surface area contributed by atoms with E-state index in [0.29, 0.717) is 28.6 Å². The molecule has 0 atom stereocenters. The third kappa shape index (κ3) is 9.40. The molecule has 1 saturated carbocycles. The van der Waals surface area contributed by atoms with Crippen LogP contribution in [0.2, 0.25) is 0 Å². The number of anilines is 1. The van der Waals surface area contributed by atoms with Crippen LogP contribution in [0.3, 0.4) is 0 Å². The first-order valence-corrected chi connectivity index (χ1v) is 13.2. The number of aryl methyl sites for hydroxylation is 2. The second-order valence-electron chi connectivity index (χ2n) is 8.99. The highest BCUT2D eigenvalue weighted by molar-refractivity contribution is 6.01. The number of nitrogens with one attached hydrogen (secondary N) is 2. The Bertz CT molecular complexity index is 1190. The van der Waals surface area contributed by atoms with Gasteiger partial charge < -0.3 is 10.6 Å².